The van der Waals surface area contributed by atoms with Crippen LogP contribution in [0.5, 0.6) is 0 Å². The molecule has 0 aromatic carbocycles. The summed E-state index contributed by atoms with van der Waals surface area (Å²) in [6.07, 6.45) is 78.0. The summed E-state index contributed by atoms with van der Waals surface area (Å²) in [4.78, 5) is 38.0. The second-order valence-electron chi connectivity index (χ2n) is 24.9. The lowest BCUT2D eigenvalue weighted by molar-refractivity contribution is -0.870. The largest absolute Gasteiger partial charge is 0.756 e. The van der Waals surface area contributed by atoms with Crippen molar-refractivity contribution < 1.29 is 42.1 Å². The number of quaternary nitrogens is 1. The summed E-state index contributed by atoms with van der Waals surface area (Å²) >= 11 is 0. The first kappa shape index (κ1) is 78.2. The van der Waals surface area contributed by atoms with Crippen LogP contribution in [-0.2, 0) is 32.7 Å². The first-order chi connectivity index (χ1) is 39.0. The average molecular weight is 1150 g/mol. The molecule has 0 aliphatic rings. The quantitative estimate of drug-likeness (QED) is 0.0195. The minimum atomic E-state index is -4.64. The minimum absolute atomic E-state index is 0.0299. The Kier molecular flexibility index (Phi) is 60.4. The summed E-state index contributed by atoms with van der Waals surface area (Å²) in [5.41, 5.74) is 0. The zero-order chi connectivity index (χ0) is 58.4. The fourth-order valence-electron chi connectivity index (χ4n) is 10.3. The lowest BCUT2D eigenvalue weighted by atomic mass is 10.0. The summed E-state index contributed by atoms with van der Waals surface area (Å²) in [7, 11) is 1.18. The van der Waals surface area contributed by atoms with Crippen LogP contribution in [0.15, 0.2) is 36.5 Å². The summed E-state index contributed by atoms with van der Waals surface area (Å²) in [5, 5.41) is 0. The molecule has 2 unspecified atom stereocenters. The molecule has 472 valence electrons. The molecule has 0 aliphatic carbocycles. The highest BCUT2D eigenvalue weighted by molar-refractivity contribution is 7.45. The number of carbonyl (C=O) groups excluding carboxylic acids is 2. The number of phosphoric ester groups is 1. The Morgan fingerprint density at radius 1 is 0.388 bits per heavy atom. The summed E-state index contributed by atoms with van der Waals surface area (Å²) < 4.78 is 34.3. The van der Waals surface area contributed by atoms with Crippen molar-refractivity contribution in [3.63, 3.8) is 0 Å². The fraction of sp³-hybridized carbons (Fsp3) is 0.886. The fourth-order valence-corrected chi connectivity index (χ4v) is 11.0. The van der Waals surface area contributed by atoms with Gasteiger partial charge >= 0.3 is 11.9 Å². The predicted octanol–water partition coefficient (Wildman–Crippen LogP) is 21.6. The first-order valence-corrected chi connectivity index (χ1v) is 36.2. The van der Waals surface area contributed by atoms with E-state index < -0.39 is 26.5 Å². The van der Waals surface area contributed by atoms with Crippen molar-refractivity contribution in [2.45, 2.75) is 354 Å². The van der Waals surface area contributed by atoms with E-state index in [0.29, 0.717) is 17.4 Å². The minimum Gasteiger partial charge on any atom is -0.756 e. The highest BCUT2D eigenvalue weighted by Gasteiger charge is 2.22. The topological polar surface area (TPSA) is 111 Å². The second kappa shape index (κ2) is 61.8. The zero-order valence-electron chi connectivity index (χ0n) is 53.8. The molecule has 0 aliphatic heterocycles. The monoisotopic (exact) mass is 1150 g/mol. The molecule has 0 radical (unpaired) electrons. The van der Waals surface area contributed by atoms with Gasteiger partial charge in [-0.05, 0) is 51.4 Å². The van der Waals surface area contributed by atoms with Gasteiger partial charge < -0.3 is 27.9 Å². The van der Waals surface area contributed by atoms with Crippen molar-refractivity contribution in [3.8, 4) is 0 Å². The van der Waals surface area contributed by atoms with E-state index in [-0.39, 0.29) is 32.0 Å². The molecule has 9 nitrogen and oxygen atoms in total. The van der Waals surface area contributed by atoms with E-state index in [4.69, 9.17) is 18.5 Å². The maximum Gasteiger partial charge on any atom is 0.306 e. The standard InChI is InChI=1S/C70H134NO8P/c1-6-8-10-12-14-16-18-20-22-24-26-28-30-32-33-34-35-36-37-39-40-42-44-46-48-50-52-54-56-58-60-62-69(72)76-66-68(67-78-80(74,75)77-65-64-71(3,4)5)79-70(73)63-61-59-57-55-53-51-49-47-45-43-41-38-31-29-27-25-23-21-19-17-15-13-11-9-7-2/h19,21,25,27,31,38,68H,6-18,20,22-24,26,28-30,32-37,39-67H2,1-5H3/b21-19-,27-25-,38-31-. The van der Waals surface area contributed by atoms with E-state index >= 15 is 0 Å². The molecule has 0 spiro atoms. The SMILES string of the molecule is CCCCCCC/C=C\C/C=C\C/C=C\CCCCCCCCCCCCC(=O)OC(COC(=O)CCCCCCCCCCCCCCCCCCCCCCCCCCCCCCCCC)COP(=O)([O-])OCC[N+](C)(C)C. The summed E-state index contributed by atoms with van der Waals surface area (Å²) in [6.45, 7) is 4.29. The lowest BCUT2D eigenvalue weighted by Gasteiger charge is -2.28. The normalized spacial score (nSPS) is 13.3. The highest BCUT2D eigenvalue weighted by Crippen LogP contribution is 2.38. The molecule has 0 aromatic heterocycles. The third-order valence-electron chi connectivity index (χ3n) is 15.7. The van der Waals surface area contributed by atoms with Crippen molar-refractivity contribution in [3.05, 3.63) is 36.5 Å². The van der Waals surface area contributed by atoms with E-state index in [1.165, 1.54) is 257 Å². The van der Waals surface area contributed by atoms with Crippen LogP contribution in [0.25, 0.3) is 0 Å². The molecule has 0 amide bonds. The molecule has 10 heteroatoms. The van der Waals surface area contributed by atoms with Gasteiger partial charge in [0.1, 0.15) is 19.8 Å². The number of esters is 2. The van der Waals surface area contributed by atoms with Gasteiger partial charge in [0.15, 0.2) is 6.10 Å². The Hall–Kier alpha value is -1.77. The van der Waals surface area contributed by atoms with E-state index in [1.54, 1.807) is 0 Å². The maximum atomic E-state index is 12.8. The number of likely N-dealkylation sites (N-methyl/N-ethyl adjacent to an activating group) is 1. The van der Waals surface area contributed by atoms with Gasteiger partial charge in [-0.1, -0.05) is 320 Å². The first-order valence-electron chi connectivity index (χ1n) is 34.7. The molecule has 0 saturated heterocycles. The van der Waals surface area contributed by atoms with E-state index in [9.17, 15) is 19.0 Å². The number of unbranched alkanes of at least 4 members (excludes halogenated alkanes) is 45. The number of nitrogens with zero attached hydrogens (tertiary/aromatic N) is 1. The van der Waals surface area contributed by atoms with E-state index in [0.717, 1.165) is 57.8 Å². The van der Waals surface area contributed by atoms with Crippen molar-refractivity contribution in [2.24, 2.45) is 0 Å². The molecule has 0 N–H and O–H groups in total. The number of carbonyl (C=O) groups is 2. The van der Waals surface area contributed by atoms with E-state index in [1.807, 2.05) is 21.1 Å². The number of allylic oxidation sites excluding steroid dienone is 6. The van der Waals surface area contributed by atoms with Gasteiger partial charge in [-0.2, -0.15) is 0 Å². The van der Waals surface area contributed by atoms with E-state index in [2.05, 4.69) is 50.3 Å². The second-order valence-corrected chi connectivity index (χ2v) is 26.3. The van der Waals surface area contributed by atoms with Gasteiger partial charge in [-0.25, -0.2) is 0 Å². The van der Waals surface area contributed by atoms with Crippen molar-refractivity contribution >= 4 is 19.8 Å². The number of ether oxygens (including phenoxy) is 2. The van der Waals surface area contributed by atoms with Crippen LogP contribution in [0.2, 0.25) is 0 Å². The third-order valence-corrected chi connectivity index (χ3v) is 16.6. The lowest BCUT2D eigenvalue weighted by Crippen LogP contribution is -2.37. The van der Waals surface area contributed by atoms with Crippen LogP contribution < -0.4 is 4.89 Å². The molecule has 0 aromatic rings. The summed E-state index contributed by atoms with van der Waals surface area (Å²) in [6, 6.07) is 0. The van der Waals surface area contributed by atoms with Crippen LogP contribution in [0.3, 0.4) is 0 Å². The van der Waals surface area contributed by atoms with Crippen LogP contribution in [-0.4, -0.2) is 70.0 Å². The molecule has 80 heavy (non-hydrogen) atoms. The Bertz CT molecular complexity index is 1440. The van der Waals surface area contributed by atoms with Crippen LogP contribution >= 0.6 is 7.82 Å². The highest BCUT2D eigenvalue weighted by atomic mass is 31.2. The summed E-state index contributed by atoms with van der Waals surface area (Å²) in [5.74, 6) is -0.820. The third kappa shape index (κ3) is 65.4. The Labute approximate surface area is 497 Å². The van der Waals surface area contributed by atoms with Gasteiger partial charge in [0.25, 0.3) is 7.82 Å². The van der Waals surface area contributed by atoms with Gasteiger partial charge in [-0.3, -0.25) is 14.2 Å². The van der Waals surface area contributed by atoms with Crippen LogP contribution in [0, 0.1) is 0 Å². The Balaban J connectivity index is 4.01. The van der Waals surface area contributed by atoms with Crippen molar-refractivity contribution in [1.29, 1.82) is 0 Å². The predicted molar refractivity (Wildman–Crippen MR) is 342 cm³/mol. The number of phosphoric acid groups is 1. The molecule has 0 bridgehead atoms. The number of hydrogen-bond donors (Lipinski definition) is 0. The van der Waals surface area contributed by atoms with Crippen LogP contribution in [0.1, 0.15) is 348 Å². The molecule has 0 saturated carbocycles. The molecular weight excluding hydrogens is 1010 g/mol. The van der Waals surface area contributed by atoms with Gasteiger partial charge in [0, 0.05) is 12.8 Å². The molecule has 0 fully saturated rings. The van der Waals surface area contributed by atoms with Crippen molar-refractivity contribution in [2.75, 3.05) is 47.5 Å². The smallest absolute Gasteiger partial charge is 0.306 e. The Morgan fingerprint density at radius 2 is 0.675 bits per heavy atom. The molecular formula is C70H134NO8P. The van der Waals surface area contributed by atoms with Crippen LogP contribution in [0.4, 0.5) is 0 Å². The van der Waals surface area contributed by atoms with Gasteiger partial charge in [0.2, 0.25) is 0 Å². The molecule has 0 rings (SSSR count). The number of hydrogen-bond acceptors (Lipinski definition) is 8. The van der Waals surface area contributed by atoms with Crippen molar-refractivity contribution in [1.82, 2.24) is 0 Å². The van der Waals surface area contributed by atoms with Gasteiger partial charge in [-0.15, -0.1) is 0 Å². The molecule has 0 heterocycles. The Morgan fingerprint density at radius 3 is 1.00 bits per heavy atom. The zero-order valence-corrected chi connectivity index (χ0v) is 54.7. The number of rotatable bonds is 65. The maximum absolute atomic E-state index is 12.8. The molecule has 2 atom stereocenters. The average Bonchev–Trinajstić information content (AvgIpc) is 3.42. The van der Waals surface area contributed by atoms with Gasteiger partial charge in [0.05, 0.1) is 27.7 Å².